The first-order chi connectivity index (χ1) is 16.4. The lowest BCUT2D eigenvalue weighted by Crippen LogP contribution is -2.32. The first-order valence-electron chi connectivity index (χ1n) is 10.2. The van der Waals surface area contributed by atoms with Gasteiger partial charge in [0.2, 0.25) is 0 Å². The fourth-order valence-electron chi connectivity index (χ4n) is 2.84. The number of para-hydroxylation sites is 2. The average Bonchev–Trinajstić information content (AvgIpc) is 2.85. The first-order valence-corrected chi connectivity index (χ1v) is 10.2. The van der Waals surface area contributed by atoms with Gasteiger partial charge in [-0.25, -0.2) is 10.2 Å². The number of methoxy groups -OCH3 is 2. The molecule has 0 saturated carbocycles. The monoisotopic (exact) mass is 461 g/mol. The molecule has 0 aliphatic carbocycles. The van der Waals surface area contributed by atoms with Crippen LogP contribution in [0.25, 0.3) is 0 Å². The standard InChI is InChI=1S/C25H23N3O6/c1-16-8-11-18(12-9-16)25(31)34-21-13-10-17(14-22(21)33-3)15-26-28-24(30)23(29)27-19-6-4-5-7-20(19)32-2/h4-15H,1-3H3,(H,27,29)(H,28,30)/b26-15-. The number of hydrazone groups is 1. The molecule has 3 aromatic rings. The Morgan fingerprint density at radius 2 is 1.53 bits per heavy atom. The molecule has 2 N–H and O–H groups in total. The molecule has 174 valence electrons. The predicted molar refractivity (Wildman–Crippen MR) is 126 cm³/mol. The van der Waals surface area contributed by atoms with Crippen molar-refractivity contribution in [2.24, 2.45) is 5.10 Å². The Balaban J connectivity index is 1.61. The van der Waals surface area contributed by atoms with Gasteiger partial charge in [0, 0.05) is 0 Å². The van der Waals surface area contributed by atoms with E-state index < -0.39 is 17.8 Å². The fourth-order valence-corrected chi connectivity index (χ4v) is 2.84. The van der Waals surface area contributed by atoms with Gasteiger partial charge in [0.05, 0.1) is 31.7 Å². The molecule has 3 aromatic carbocycles. The Bertz CT molecular complexity index is 1220. The lowest BCUT2D eigenvalue weighted by molar-refractivity contribution is -0.136. The van der Waals surface area contributed by atoms with Gasteiger partial charge in [-0.05, 0) is 55.0 Å². The number of rotatable bonds is 7. The minimum absolute atomic E-state index is 0.227. The molecule has 0 aromatic heterocycles. The van der Waals surface area contributed by atoms with Gasteiger partial charge in [-0.1, -0.05) is 29.8 Å². The van der Waals surface area contributed by atoms with Gasteiger partial charge < -0.3 is 19.5 Å². The fraction of sp³-hybridized carbons (Fsp3) is 0.120. The Kier molecular flexibility index (Phi) is 7.96. The number of nitrogens with one attached hydrogen (secondary N) is 2. The molecular weight excluding hydrogens is 438 g/mol. The molecule has 0 bridgehead atoms. The Morgan fingerprint density at radius 3 is 2.24 bits per heavy atom. The molecular formula is C25H23N3O6. The second kappa shape index (κ2) is 11.3. The molecule has 0 atom stereocenters. The largest absolute Gasteiger partial charge is 0.495 e. The minimum atomic E-state index is -0.960. The van der Waals surface area contributed by atoms with E-state index in [2.05, 4.69) is 15.8 Å². The number of esters is 1. The van der Waals surface area contributed by atoms with Crippen LogP contribution in [-0.2, 0) is 9.59 Å². The van der Waals surface area contributed by atoms with Gasteiger partial charge in [-0.2, -0.15) is 5.10 Å². The molecule has 9 nitrogen and oxygen atoms in total. The quantitative estimate of drug-likeness (QED) is 0.183. The van der Waals surface area contributed by atoms with E-state index in [0.717, 1.165) is 5.56 Å². The van der Waals surface area contributed by atoms with Crippen LogP contribution in [0.15, 0.2) is 71.8 Å². The Morgan fingerprint density at radius 1 is 0.824 bits per heavy atom. The summed E-state index contributed by atoms with van der Waals surface area (Å²) in [6.45, 7) is 1.92. The molecule has 3 rings (SSSR count). The number of hydrogen-bond acceptors (Lipinski definition) is 7. The summed E-state index contributed by atoms with van der Waals surface area (Å²) in [4.78, 5) is 36.5. The Hall–Kier alpha value is -4.66. The zero-order valence-corrected chi connectivity index (χ0v) is 18.8. The van der Waals surface area contributed by atoms with E-state index in [9.17, 15) is 14.4 Å². The van der Waals surface area contributed by atoms with Crippen molar-refractivity contribution < 1.29 is 28.6 Å². The van der Waals surface area contributed by atoms with Crippen LogP contribution in [0.4, 0.5) is 5.69 Å². The Labute approximate surface area is 196 Å². The maximum atomic E-state index is 12.4. The summed E-state index contributed by atoms with van der Waals surface area (Å²) in [7, 11) is 2.89. The molecule has 0 unspecified atom stereocenters. The van der Waals surface area contributed by atoms with Gasteiger partial charge in [0.1, 0.15) is 5.75 Å². The lowest BCUT2D eigenvalue weighted by Gasteiger charge is -2.10. The van der Waals surface area contributed by atoms with Crippen molar-refractivity contribution in [3.05, 3.63) is 83.4 Å². The molecule has 2 amide bonds. The molecule has 0 aliphatic rings. The molecule has 34 heavy (non-hydrogen) atoms. The third-order valence-electron chi connectivity index (χ3n) is 4.62. The van der Waals surface area contributed by atoms with Gasteiger partial charge in [-0.15, -0.1) is 0 Å². The van der Waals surface area contributed by atoms with Crippen LogP contribution >= 0.6 is 0 Å². The second-order valence-corrected chi connectivity index (χ2v) is 7.02. The molecule has 0 aliphatic heterocycles. The summed E-state index contributed by atoms with van der Waals surface area (Å²) in [5, 5.41) is 6.24. The highest BCUT2D eigenvalue weighted by atomic mass is 16.6. The highest BCUT2D eigenvalue weighted by Crippen LogP contribution is 2.28. The number of hydrogen-bond donors (Lipinski definition) is 2. The van der Waals surface area contributed by atoms with Crippen molar-refractivity contribution in [1.82, 2.24) is 5.43 Å². The van der Waals surface area contributed by atoms with Gasteiger partial charge in [0.25, 0.3) is 0 Å². The SMILES string of the molecule is COc1ccccc1NC(=O)C(=O)N/N=C\c1ccc(OC(=O)c2ccc(C)cc2)c(OC)c1. The third kappa shape index (κ3) is 6.19. The van der Waals surface area contributed by atoms with Gasteiger partial charge in [0.15, 0.2) is 11.5 Å². The van der Waals surface area contributed by atoms with Crippen LogP contribution in [0.1, 0.15) is 21.5 Å². The highest BCUT2D eigenvalue weighted by Gasteiger charge is 2.15. The summed E-state index contributed by atoms with van der Waals surface area (Å²) in [6, 6.07) is 18.4. The summed E-state index contributed by atoms with van der Waals surface area (Å²) in [5.41, 5.74) is 4.49. The van der Waals surface area contributed by atoms with E-state index in [1.807, 2.05) is 19.1 Å². The number of carbonyl (C=O) groups is 3. The predicted octanol–water partition coefficient (Wildman–Crippen LogP) is 3.32. The van der Waals surface area contributed by atoms with E-state index in [4.69, 9.17) is 14.2 Å². The number of carbonyl (C=O) groups excluding carboxylic acids is 3. The zero-order chi connectivity index (χ0) is 24.5. The van der Waals surface area contributed by atoms with Crippen LogP contribution in [-0.4, -0.2) is 38.2 Å². The van der Waals surface area contributed by atoms with E-state index in [1.54, 1.807) is 54.6 Å². The van der Waals surface area contributed by atoms with E-state index in [1.165, 1.54) is 20.4 Å². The van der Waals surface area contributed by atoms with Crippen molar-refractivity contribution in [3.63, 3.8) is 0 Å². The smallest absolute Gasteiger partial charge is 0.343 e. The number of ether oxygens (including phenoxy) is 3. The molecule has 0 spiro atoms. The highest BCUT2D eigenvalue weighted by molar-refractivity contribution is 6.39. The van der Waals surface area contributed by atoms with Crippen LogP contribution in [0, 0.1) is 6.92 Å². The maximum Gasteiger partial charge on any atom is 0.343 e. The number of benzene rings is 3. The maximum absolute atomic E-state index is 12.4. The molecule has 0 radical (unpaired) electrons. The van der Waals surface area contributed by atoms with Crippen LogP contribution < -0.4 is 25.0 Å². The normalized spacial score (nSPS) is 10.4. The summed E-state index contributed by atoms with van der Waals surface area (Å²) >= 11 is 0. The summed E-state index contributed by atoms with van der Waals surface area (Å²) < 4.78 is 15.9. The average molecular weight is 461 g/mol. The van der Waals surface area contributed by atoms with Crippen molar-refractivity contribution in [2.45, 2.75) is 6.92 Å². The topological polar surface area (TPSA) is 115 Å². The zero-order valence-electron chi connectivity index (χ0n) is 18.8. The van der Waals surface area contributed by atoms with Gasteiger partial charge in [-0.3, -0.25) is 9.59 Å². The van der Waals surface area contributed by atoms with Crippen molar-refractivity contribution in [1.29, 1.82) is 0 Å². The first kappa shape index (κ1) is 24.0. The number of amides is 2. The molecule has 9 heteroatoms. The third-order valence-corrected chi connectivity index (χ3v) is 4.62. The van der Waals surface area contributed by atoms with Crippen LogP contribution in [0.3, 0.4) is 0 Å². The lowest BCUT2D eigenvalue weighted by atomic mass is 10.1. The molecule has 0 saturated heterocycles. The number of anilines is 1. The van der Waals surface area contributed by atoms with E-state index in [-0.39, 0.29) is 5.75 Å². The van der Waals surface area contributed by atoms with Crippen LogP contribution in [0.2, 0.25) is 0 Å². The number of aryl methyl sites for hydroxylation is 1. The van der Waals surface area contributed by atoms with E-state index in [0.29, 0.717) is 28.3 Å². The van der Waals surface area contributed by atoms with Crippen molar-refractivity contribution in [2.75, 3.05) is 19.5 Å². The summed E-state index contributed by atoms with van der Waals surface area (Å²) in [6.07, 6.45) is 1.32. The molecule has 0 heterocycles. The molecule has 0 fully saturated rings. The number of nitrogens with zero attached hydrogens (tertiary/aromatic N) is 1. The van der Waals surface area contributed by atoms with Gasteiger partial charge >= 0.3 is 17.8 Å². The minimum Gasteiger partial charge on any atom is -0.495 e. The van der Waals surface area contributed by atoms with Crippen molar-refractivity contribution >= 4 is 29.7 Å². The summed E-state index contributed by atoms with van der Waals surface area (Å²) in [5.74, 6) is -1.44. The van der Waals surface area contributed by atoms with Crippen molar-refractivity contribution in [3.8, 4) is 17.2 Å². The second-order valence-electron chi connectivity index (χ2n) is 7.02. The van der Waals surface area contributed by atoms with Crippen LogP contribution in [0.5, 0.6) is 17.2 Å². The van der Waals surface area contributed by atoms with E-state index >= 15 is 0 Å².